The van der Waals surface area contributed by atoms with E-state index in [9.17, 15) is 4.79 Å². The van der Waals surface area contributed by atoms with Crippen LogP contribution in [0, 0.1) is 6.92 Å². The van der Waals surface area contributed by atoms with E-state index in [1.807, 2.05) is 55.8 Å². The van der Waals surface area contributed by atoms with Gasteiger partial charge in [-0.15, -0.1) is 11.3 Å². The molecule has 1 amide bonds. The van der Waals surface area contributed by atoms with E-state index in [1.54, 1.807) is 22.2 Å². The highest BCUT2D eigenvalue weighted by Gasteiger charge is 2.12. The summed E-state index contributed by atoms with van der Waals surface area (Å²) in [5.74, 6) is -0.0210. The van der Waals surface area contributed by atoms with Gasteiger partial charge in [0.1, 0.15) is 0 Å². The number of hydrogen-bond donors (Lipinski definition) is 1. The van der Waals surface area contributed by atoms with Crippen molar-refractivity contribution in [2.45, 2.75) is 26.3 Å². The van der Waals surface area contributed by atoms with Crippen molar-refractivity contribution in [2.75, 3.05) is 0 Å². The molecule has 0 spiro atoms. The zero-order valence-electron chi connectivity index (χ0n) is 13.1. The van der Waals surface area contributed by atoms with Gasteiger partial charge < -0.3 is 5.32 Å². The largest absolute Gasteiger partial charge is 0.349 e. The standard InChI is InChI=1S/C17H18N4OS/c1-12(19-17(22)10-15-11-23-13(2)20-15)14-5-3-6-16(9-14)21-8-4-7-18-21/h3-9,11-12H,10H2,1-2H3,(H,19,22)/t12-/m0/s1. The maximum absolute atomic E-state index is 12.2. The van der Waals surface area contributed by atoms with Gasteiger partial charge in [0.15, 0.2) is 0 Å². The number of amides is 1. The summed E-state index contributed by atoms with van der Waals surface area (Å²) in [7, 11) is 0. The Hall–Kier alpha value is -2.47. The molecule has 1 atom stereocenters. The first-order valence-electron chi connectivity index (χ1n) is 7.42. The second kappa shape index (κ2) is 6.75. The Bertz CT molecular complexity index is 795. The summed E-state index contributed by atoms with van der Waals surface area (Å²) in [5.41, 5.74) is 2.84. The van der Waals surface area contributed by atoms with Crippen molar-refractivity contribution in [2.24, 2.45) is 0 Å². The number of hydrogen-bond acceptors (Lipinski definition) is 4. The maximum Gasteiger partial charge on any atom is 0.226 e. The van der Waals surface area contributed by atoms with E-state index >= 15 is 0 Å². The molecule has 1 aromatic carbocycles. The van der Waals surface area contributed by atoms with Crippen LogP contribution in [-0.4, -0.2) is 20.7 Å². The molecule has 0 unspecified atom stereocenters. The van der Waals surface area contributed by atoms with E-state index < -0.39 is 0 Å². The van der Waals surface area contributed by atoms with Crippen molar-refractivity contribution in [3.8, 4) is 5.69 Å². The van der Waals surface area contributed by atoms with E-state index in [0.717, 1.165) is 22.0 Å². The second-order valence-corrected chi connectivity index (χ2v) is 6.43. The molecular formula is C17H18N4OS. The molecule has 118 valence electrons. The lowest BCUT2D eigenvalue weighted by molar-refractivity contribution is -0.121. The quantitative estimate of drug-likeness (QED) is 0.784. The highest BCUT2D eigenvalue weighted by molar-refractivity contribution is 7.09. The average molecular weight is 326 g/mol. The van der Waals surface area contributed by atoms with Crippen molar-refractivity contribution < 1.29 is 4.79 Å². The minimum atomic E-state index is -0.0715. The van der Waals surface area contributed by atoms with Crippen LogP contribution in [0.3, 0.4) is 0 Å². The van der Waals surface area contributed by atoms with Crippen LogP contribution in [0.25, 0.3) is 5.69 Å². The normalized spacial score (nSPS) is 12.1. The van der Waals surface area contributed by atoms with Gasteiger partial charge in [0.25, 0.3) is 0 Å². The second-order valence-electron chi connectivity index (χ2n) is 5.37. The molecule has 0 aliphatic rings. The van der Waals surface area contributed by atoms with Crippen LogP contribution >= 0.6 is 11.3 Å². The predicted molar refractivity (Wildman–Crippen MR) is 90.7 cm³/mol. The van der Waals surface area contributed by atoms with Gasteiger partial charge in [0, 0.05) is 17.8 Å². The molecule has 0 saturated heterocycles. The van der Waals surface area contributed by atoms with Crippen LogP contribution in [0.5, 0.6) is 0 Å². The zero-order valence-corrected chi connectivity index (χ0v) is 13.9. The molecule has 0 radical (unpaired) electrons. The minimum absolute atomic E-state index is 0.0210. The summed E-state index contributed by atoms with van der Waals surface area (Å²) in [4.78, 5) is 16.5. The summed E-state index contributed by atoms with van der Waals surface area (Å²) in [6.07, 6.45) is 3.95. The molecule has 6 heteroatoms. The Kier molecular flexibility index (Phi) is 4.52. The van der Waals surface area contributed by atoms with E-state index in [4.69, 9.17) is 0 Å². The molecule has 1 N–H and O–H groups in total. The molecule has 0 aliphatic carbocycles. The lowest BCUT2D eigenvalue weighted by Gasteiger charge is -2.15. The summed E-state index contributed by atoms with van der Waals surface area (Å²) >= 11 is 1.56. The number of aromatic nitrogens is 3. The fourth-order valence-corrected chi connectivity index (χ4v) is 3.00. The van der Waals surface area contributed by atoms with Gasteiger partial charge in [0.2, 0.25) is 5.91 Å². The van der Waals surface area contributed by atoms with Gasteiger partial charge in [-0.05, 0) is 37.6 Å². The predicted octanol–water partition coefficient (Wildman–Crippen LogP) is 3.06. The lowest BCUT2D eigenvalue weighted by atomic mass is 10.1. The van der Waals surface area contributed by atoms with Crippen molar-refractivity contribution in [1.29, 1.82) is 0 Å². The lowest BCUT2D eigenvalue weighted by Crippen LogP contribution is -2.28. The third kappa shape index (κ3) is 3.84. The highest BCUT2D eigenvalue weighted by Crippen LogP contribution is 2.17. The Balaban J connectivity index is 1.67. The first kappa shape index (κ1) is 15.4. The van der Waals surface area contributed by atoms with E-state index in [2.05, 4.69) is 15.4 Å². The summed E-state index contributed by atoms with van der Waals surface area (Å²) in [6.45, 7) is 3.92. The molecule has 23 heavy (non-hydrogen) atoms. The first-order chi connectivity index (χ1) is 11.1. The van der Waals surface area contributed by atoms with Crippen molar-refractivity contribution >= 4 is 17.2 Å². The Labute approximate surface area is 139 Å². The number of carbonyl (C=O) groups excluding carboxylic acids is 1. The topological polar surface area (TPSA) is 59.8 Å². The van der Waals surface area contributed by atoms with Crippen molar-refractivity contribution in [3.63, 3.8) is 0 Å². The van der Waals surface area contributed by atoms with Gasteiger partial charge in [-0.3, -0.25) is 4.79 Å². The smallest absolute Gasteiger partial charge is 0.226 e. The number of nitrogens with zero attached hydrogens (tertiary/aromatic N) is 3. The molecule has 0 saturated carbocycles. The minimum Gasteiger partial charge on any atom is -0.349 e. The number of aryl methyl sites for hydroxylation is 1. The van der Waals surface area contributed by atoms with E-state index in [1.165, 1.54) is 0 Å². The summed E-state index contributed by atoms with van der Waals surface area (Å²) in [6, 6.07) is 9.81. The average Bonchev–Trinajstić information content (AvgIpc) is 3.19. The number of thiazole rings is 1. The molecule has 0 aliphatic heterocycles. The fraction of sp³-hybridized carbons (Fsp3) is 0.235. The first-order valence-corrected chi connectivity index (χ1v) is 8.30. The fourth-order valence-electron chi connectivity index (χ4n) is 2.39. The molecule has 3 aromatic rings. The molecule has 2 heterocycles. The number of nitrogens with one attached hydrogen (secondary N) is 1. The Morgan fingerprint density at radius 2 is 2.26 bits per heavy atom. The van der Waals surface area contributed by atoms with Gasteiger partial charge in [-0.25, -0.2) is 9.67 Å². The molecule has 2 aromatic heterocycles. The highest BCUT2D eigenvalue weighted by atomic mass is 32.1. The summed E-state index contributed by atoms with van der Waals surface area (Å²) in [5, 5.41) is 10.2. The van der Waals surface area contributed by atoms with Crippen molar-refractivity contribution in [3.05, 3.63) is 64.4 Å². The van der Waals surface area contributed by atoms with Crippen LogP contribution in [0.2, 0.25) is 0 Å². The van der Waals surface area contributed by atoms with E-state index in [-0.39, 0.29) is 11.9 Å². The van der Waals surface area contributed by atoms with Crippen LogP contribution < -0.4 is 5.32 Å². The molecule has 5 nitrogen and oxygen atoms in total. The number of benzene rings is 1. The number of rotatable bonds is 5. The van der Waals surface area contributed by atoms with Gasteiger partial charge in [-0.1, -0.05) is 12.1 Å². The zero-order chi connectivity index (χ0) is 16.2. The van der Waals surface area contributed by atoms with Crippen molar-refractivity contribution in [1.82, 2.24) is 20.1 Å². The molecule has 0 fully saturated rings. The maximum atomic E-state index is 12.2. The van der Waals surface area contributed by atoms with Crippen LogP contribution in [0.4, 0.5) is 0 Å². The van der Waals surface area contributed by atoms with Gasteiger partial charge >= 0.3 is 0 Å². The van der Waals surface area contributed by atoms with Crippen LogP contribution in [0.1, 0.15) is 29.2 Å². The Morgan fingerprint density at radius 1 is 1.39 bits per heavy atom. The number of carbonyl (C=O) groups is 1. The van der Waals surface area contributed by atoms with Gasteiger partial charge in [0.05, 0.1) is 28.9 Å². The van der Waals surface area contributed by atoms with Gasteiger partial charge in [-0.2, -0.15) is 5.10 Å². The molecule has 0 bridgehead atoms. The molecular weight excluding hydrogens is 308 g/mol. The van der Waals surface area contributed by atoms with Crippen LogP contribution in [0.15, 0.2) is 48.1 Å². The Morgan fingerprint density at radius 3 is 2.96 bits per heavy atom. The third-order valence-electron chi connectivity index (χ3n) is 3.52. The van der Waals surface area contributed by atoms with Crippen LogP contribution in [-0.2, 0) is 11.2 Å². The molecule has 3 rings (SSSR count). The monoisotopic (exact) mass is 326 g/mol. The summed E-state index contributed by atoms with van der Waals surface area (Å²) < 4.78 is 1.80. The third-order valence-corrected chi connectivity index (χ3v) is 4.35. The van der Waals surface area contributed by atoms with E-state index in [0.29, 0.717) is 6.42 Å². The SMILES string of the molecule is Cc1nc(CC(=O)N[C@@H](C)c2cccc(-n3cccn3)c2)cs1.